The summed E-state index contributed by atoms with van der Waals surface area (Å²) in [4.78, 5) is 14.8. The number of hydrogen-bond donors (Lipinski definition) is 2. The highest BCUT2D eigenvalue weighted by molar-refractivity contribution is 9.10. The highest BCUT2D eigenvalue weighted by atomic mass is 79.9. The first-order valence-electron chi connectivity index (χ1n) is 5.64. The summed E-state index contributed by atoms with van der Waals surface area (Å²) in [5.74, 6) is -0.262. The van der Waals surface area contributed by atoms with Crippen molar-refractivity contribution in [3.63, 3.8) is 0 Å². The standard InChI is InChI=1S/C14H7BrN2O2S/c15-8-3-1-2-7(4-8)10-6-20-14-11(10)12(18)9(5-16)13(19)17-14/h1-4,6H,(H2,17,18,19). The highest BCUT2D eigenvalue weighted by Crippen LogP contribution is 2.39. The molecule has 2 N–H and O–H groups in total. The molecule has 0 aliphatic carbocycles. The Morgan fingerprint density at radius 3 is 2.90 bits per heavy atom. The first-order valence-corrected chi connectivity index (χ1v) is 7.31. The van der Waals surface area contributed by atoms with Crippen LogP contribution < -0.4 is 5.56 Å². The predicted molar refractivity (Wildman–Crippen MR) is 82.0 cm³/mol. The normalized spacial score (nSPS) is 10.6. The molecule has 0 unspecified atom stereocenters. The van der Waals surface area contributed by atoms with Crippen LogP contribution in [0, 0.1) is 11.3 Å². The number of nitriles is 1. The number of halogens is 1. The predicted octanol–water partition coefficient (Wildman–Crippen LogP) is 3.60. The van der Waals surface area contributed by atoms with Crippen molar-refractivity contribution in [3.05, 3.63) is 50.0 Å². The monoisotopic (exact) mass is 346 g/mol. The number of benzene rings is 1. The number of thiophene rings is 1. The number of rotatable bonds is 1. The van der Waals surface area contributed by atoms with E-state index in [-0.39, 0.29) is 11.3 Å². The lowest BCUT2D eigenvalue weighted by Gasteiger charge is -2.03. The Balaban J connectivity index is 2.40. The van der Waals surface area contributed by atoms with Crippen molar-refractivity contribution in [1.82, 2.24) is 4.98 Å². The van der Waals surface area contributed by atoms with Crippen molar-refractivity contribution in [2.75, 3.05) is 0 Å². The topological polar surface area (TPSA) is 76.9 Å². The van der Waals surface area contributed by atoms with Gasteiger partial charge in [0.05, 0.1) is 5.39 Å². The molecule has 6 heteroatoms. The van der Waals surface area contributed by atoms with Crippen LogP contribution in [0.1, 0.15) is 5.56 Å². The molecule has 4 nitrogen and oxygen atoms in total. The smallest absolute Gasteiger partial charge is 0.270 e. The van der Waals surface area contributed by atoms with E-state index in [2.05, 4.69) is 20.9 Å². The lowest BCUT2D eigenvalue weighted by Crippen LogP contribution is -2.09. The number of nitrogens with zero attached hydrogens (tertiary/aromatic N) is 1. The van der Waals surface area contributed by atoms with E-state index in [9.17, 15) is 9.90 Å². The highest BCUT2D eigenvalue weighted by Gasteiger charge is 2.17. The second-order valence-electron chi connectivity index (χ2n) is 4.15. The molecule has 0 aliphatic rings. The summed E-state index contributed by atoms with van der Waals surface area (Å²) in [5, 5.41) is 21.5. The van der Waals surface area contributed by atoms with E-state index in [1.165, 1.54) is 11.3 Å². The van der Waals surface area contributed by atoms with Gasteiger partial charge in [-0.25, -0.2) is 0 Å². The van der Waals surface area contributed by atoms with Crippen molar-refractivity contribution in [2.45, 2.75) is 0 Å². The van der Waals surface area contributed by atoms with Crippen LogP contribution in [0.5, 0.6) is 5.75 Å². The fourth-order valence-corrected chi connectivity index (χ4v) is 3.42. The van der Waals surface area contributed by atoms with Crippen molar-refractivity contribution < 1.29 is 5.11 Å². The maximum Gasteiger partial charge on any atom is 0.270 e. The van der Waals surface area contributed by atoms with Gasteiger partial charge in [0.1, 0.15) is 16.6 Å². The number of hydrogen-bond acceptors (Lipinski definition) is 4. The SMILES string of the molecule is N#Cc1c(O)c2c(-c3cccc(Br)c3)csc2[nH]c1=O. The molecule has 0 fully saturated rings. The molecule has 98 valence electrons. The van der Waals surface area contributed by atoms with Gasteiger partial charge < -0.3 is 10.1 Å². The minimum Gasteiger partial charge on any atom is -0.506 e. The van der Waals surface area contributed by atoms with E-state index >= 15 is 0 Å². The van der Waals surface area contributed by atoms with Crippen LogP contribution in [0.2, 0.25) is 0 Å². The number of H-pyrrole nitrogens is 1. The molecule has 2 aromatic heterocycles. The Bertz CT molecular complexity index is 921. The second-order valence-corrected chi connectivity index (χ2v) is 5.95. The third-order valence-electron chi connectivity index (χ3n) is 2.97. The Morgan fingerprint density at radius 1 is 1.40 bits per heavy atom. The minimum absolute atomic E-state index is 0.257. The lowest BCUT2D eigenvalue weighted by molar-refractivity contribution is 0.479. The average molecular weight is 347 g/mol. The number of nitrogens with one attached hydrogen (secondary N) is 1. The molecular formula is C14H7BrN2O2S. The fraction of sp³-hybridized carbons (Fsp3) is 0. The first kappa shape index (κ1) is 12.9. The van der Waals surface area contributed by atoms with Crippen LogP contribution in [0.4, 0.5) is 0 Å². The number of pyridine rings is 1. The number of aromatic hydroxyl groups is 1. The summed E-state index contributed by atoms with van der Waals surface area (Å²) in [6.07, 6.45) is 0. The zero-order chi connectivity index (χ0) is 14.3. The van der Waals surface area contributed by atoms with Gasteiger partial charge in [-0.3, -0.25) is 4.79 Å². The Kier molecular flexibility index (Phi) is 3.08. The van der Waals surface area contributed by atoms with Crippen LogP contribution in [-0.2, 0) is 0 Å². The zero-order valence-corrected chi connectivity index (χ0v) is 12.4. The van der Waals surface area contributed by atoms with Crippen molar-refractivity contribution in [2.24, 2.45) is 0 Å². The molecule has 0 atom stereocenters. The van der Waals surface area contributed by atoms with Crippen LogP contribution in [0.25, 0.3) is 21.3 Å². The summed E-state index contributed by atoms with van der Waals surface area (Å²) >= 11 is 4.72. The van der Waals surface area contributed by atoms with E-state index in [0.29, 0.717) is 10.2 Å². The van der Waals surface area contributed by atoms with Crippen LogP contribution >= 0.6 is 27.3 Å². The van der Waals surface area contributed by atoms with Crippen molar-refractivity contribution >= 4 is 37.5 Å². The minimum atomic E-state index is -0.569. The Hall–Kier alpha value is -2.10. The quantitative estimate of drug-likeness (QED) is 0.706. The molecule has 3 rings (SSSR count). The van der Waals surface area contributed by atoms with Gasteiger partial charge in [0, 0.05) is 15.4 Å². The van der Waals surface area contributed by atoms with E-state index < -0.39 is 5.56 Å². The fourth-order valence-electron chi connectivity index (χ4n) is 2.06. The van der Waals surface area contributed by atoms with Crippen LogP contribution in [0.3, 0.4) is 0 Å². The molecule has 2 heterocycles. The summed E-state index contributed by atoms with van der Waals surface area (Å²) in [6, 6.07) is 9.35. The van der Waals surface area contributed by atoms with Gasteiger partial charge in [-0.2, -0.15) is 5.26 Å². The molecule has 20 heavy (non-hydrogen) atoms. The molecule has 1 aromatic carbocycles. The summed E-state index contributed by atoms with van der Waals surface area (Å²) < 4.78 is 0.916. The van der Waals surface area contributed by atoms with Crippen molar-refractivity contribution in [3.8, 4) is 22.9 Å². The maximum atomic E-state index is 11.6. The van der Waals surface area contributed by atoms with Crippen LogP contribution in [-0.4, -0.2) is 10.1 Å². The maximum absolute atomic E-state index is 11.6. The van der Waals surface area contributed by atoms with Crippen molar-refractivity contribution in [1.29, 1.82) is 5.26 Å². The van der Waals surface area contributed by atoms with Gasteiger partial charge in [-0.05, 0) is 17.7 Å². The van der Waals surface area contributed by atoms with E-state index in [1.807, 2.05) is 29.6 Å². The molecular weight excluding hydrogens is 340 g/mol. The third-order valence-corrected chi connectivity index (χ3v) is 4.35. The molecule has 0 spiro atoms. The van der Waals surface area contributed by atoms with E-state index in [4.69, 9.17) is 5.26 Å². The second kappa shape index (κ2) is 4.78. The van der Waals surface area contributed by atoms with Gasteiger partial charge in [0.2, 0.25) is 0 Å². The van der Waals surface area contributed by atoms with E-state index in [1.54, 1.807) is 6.07 Å². The number of aromatic amines is 1. The van der Waals surface area contributed by atoms with Gasteiger partial charge in [0.15, 0.2) is 5.56 Å². The van der Waals surface area contributed by atoms with Gasteiger partial charge >= 0.3 is 0 Å². The summed E-state index contributed by atoms with van der Waals surface area (Å²) in [7, 11) is 0. The molecule has 0 radical (unpaired) electrons. The molecule has 0 saturated carbocycles. The third kappa shape index (κ3) is 1.92. The molecule has 0 aliphatic heterocycles. The van der Waals surface area contributed by atoms with Gasteiger partial charge in [0.25, 0.3) is 5.56 Å². The van der Waals surface area contributed by atoms with Crippen LogP contribution in [0.15, 0.2) is 38.9 Å². The molecule has 0 saturated heterocycles. The molecule has 3 aromatic rings. The Morgan fingerprint density at radius 2 is 2.20 bits per heavy atom. The largest absolute Gasteiger partial charge is 0.506 e. The Labute approximate surface area is 126 Å². The molecule has 0 bridgehead atoms. The van der Waals surface area contributed by atoms with E-state index in [0.717, 1.165) is 15.6 Å². The lowest BCUT2D eigenvalue weighted by atomic mass is 10.0. The average Bonchev–Trinajstić information content (AvgIpc) is 2.83. The zero-order valence-electron chi connectivity index (χ0n) is 9.98. The number of fused-ring (bicyclic) bond motifs is 1. The van der Waals surface area contributed by atoms with Gasteiger partial charge in [-0.15, -0.1) is 11.3 Å². The summed E-state index contributed by atoms with van der Waals surface area (Å²) in [5.41, 5.74) is 0.862. The first-order chi connectivity index (χ1) is 9.61. The number of aromatic nitrogens is 1. The molecule has 0 amide bonds. The van der Waals surface area contributed by atoms with Gasteiger partial charge in [-0.1, -0.05) is 28.1 Å². The summed E-state index contributed by atoms with van der Waals surface area (Å²) in [6.45, 7) is 0.